The van der Waals surface area contributed by atoms with Crippen LogP contribution in [-0.2, 0) is 9.59 Å². The highest BCUT2D eigenvalue weighted by atomic mass is 16.4. The molecule has 4 heteroatoms. The van der Waals surface area contributed by atoms with Crippen LogP contribution in [-0.4, -0.2) is 35.0 Å². The van der Waals surface area contributed by atoms with Crippen molar-refractivity contribution in [3.05, 3.63) is 0 Å². The molecular formula is C10H17NO3. The number of nitrogens with zero attached hydrogens (tertiary/aromatic N) is 1. The zero-order chi connectivity index (χ0) is 10.7. The summed E-state index contributed by atoms with van der Waals surface area (Å²) in [6.07, 6.45) is 2.22. The maximum Gasteiger partial charge on any atom is 0.303 e. The van der Waals surface area contributed by atoms with Crippen LogP contribution in [0.5, 0.6) is 0 Å². The summed E-state index contributed by atoms with van der Waals surface area (Å²) >= 11 is 0. The van der Waals surface area contributed by atoms with Crippen LogP contribution in [0.3, 0.4) is 0 Å². The number of carboxylic acid groups (broad SMARTS) is 1. The molecule has 2 unspecified atom stereocenters. The molecule has 1 fully saturated rings. The summed E-state index contributed by atoms with van der Waals surface area (Å²) in [7, 11) is 1.77. The largest absolute Gasteiger partial charge is 0.481 e. The number of hydrogen-bond donors (Lipinski definition) is 1. The van der Waals surface area contributed by atoms with Gasteiger partial charge in [-0.15, -0.1) is 0 Å². The SMILES string of the molecule is CCC1C(CC(=O)O)CCC(=O)N1C. The molecule has 80 valence electrons. The first kappa shape index (κ1) is 11.0. The monoisotopic (exact) mass is 199 g/mol. The molecule has 2 atom stereocenters. The summed E-state index contributed by atoms with van der Waals surface area (Å²) in [6.45, 7) is 1.99. The molecule has 1 heterocycles. The average molecular weight is 199 g/mol. The third kappa shape index (κ3) is 2.25. The molecule has 1 saturated heterocycles. The lowest BCUT2D eigenvalue weighted by molar-refractivity contribution is -0.144. The number of carbonyl (C=O) groups excluding carboxylic acids is 1. The summed E-state index contributed by atoms with van der Waals surface area (Å²) in [5.74, 6) is -0.505. The van der Waals surface area contributed by atoms with Crippen molar-refractivity contribution in [2.75, 3.05) is 7.05 Å². The predicted octanol–water partition coefficient (Wildman–Crippen LogP) is 1.11. The van der Waals surface area contributed by atoms with Crippen molar-refractivity contribution in [3.8, 4) is 0 Å². The van der Waals surface area contributed by atoms with Gasteiger partial charge >= 0.3 is 5.97 Å². The number of piperidine rings is 1. The Bertz CT molecular complexity index is 240. The summed E-state index contributed by atoms with van der Waals surface area (Å²) in [6, 6.07) is 0.104. The third-order valence-electron chi connectivity index (χ3n) is 3.02. The standard InChI is InChI=1S/C10H17NO3/c1-3-8-7(6-10(13)14)4-5-9(12)11(8)2/h7-8H,3-6H2,1-2H3,(H,13,14). The summed E-state index contributed by atoms with van der Waals surface area (Å²) < 4.78 is 0. The van der Waals surface area contributed by atoms with Crippen LogP contribution < -0.4 is 0 Å². The molecule has 0 aromatic heterocycles. The topological polar surface area (TPSA) is 57.6 Å². The smallest absolute Gasteiger partial charge is 0.303 e. The minimum Gasteiger partial charge on any atom is -0.481 e. The first-order chi connectivity index (χ1) is 6.56. The highest BCUT2D eigenvalue weighted by Crippen LogP contribution is 2.27. The molecule has 1 amide bonds. The van der Waals surface area contributed by atoms with E-state index in [1.165, 1.54) is 0 Å². The van der Waals surface area contributed by atoms with Gasteiger partial charge in [-0.2, -0.15) is 0 Å². The van der Waals surface area contributed by atoms with Gasteiger partial charge in [-0.25, -0.2) is 0 Å². The lowest BCUT2D eigenvalue weighted by atomic mass is 9.85. The van der Waals surface area contributed by atoms with Crippen molar-refractivity contribution >= 4 is 11.9 Å². The Morgan fingerprint density at radius 2 is 2.29 bits per heavy atom. The van der Waals surface area contributed by atoms with E-state index < -0.39 is 5.97 Å². The lowest BCUT2D eigenvalue weighted by Gasteiger charge is -2.38. The van der Waals surface area contributed by atoms with Gasteiger partial charge in [0.05, 0.1) is 6.42 Å². The number of hydrogen-bond acceptors (Lipinski definition) is 2. The summed E-state index contributed by atoms with van der Waals surface area (Å²) in [4.78, 5) is 23.7. The Balaban J connectivity index is 2.66. The fraction of sp³-hybridized carbons (Fsp3) is 0.800. The molecule has 0 radical (unpaired) electrons. The van der Waals surface area contributed by atoms with Crippen molar-refractivity contribution < 1.29 is 14.7 Å². The molecule has 1 aliphatic rings. The fourth-order valence-electron chi connectivity index (χ4n) is 2.25. The van der Waals surface area contributed by atoms with Gasteiger partial charge in [0.25, 0.3) is 0 Å². The highest BCUT2D eigenvalue weighted by Gasteiger charge is 2.33. The summed E-state index contributed by atoms with van der Waals surface area (Å²) in [5.41, 5.74) is 0. The zero-order valence-corrected chi connectivity index (χ0v) is 8.69. The van der Waals surface area contributed by atoms with E-state index in [1.807, 2.05) is 6.92 Å². The van der Waals surface area contributed by atoms with Gasteiger partial charge in [-0.3, -0.25) is 9.59 Å². The van der Waals surface area contributed by atoms with E-state index in [0.717, 1.165) is 6.42 Å². The van der Waals surface area contributed by atoms with E-state index in [4.69, 9.17) is 5.11 Å². The molecule has 1 aliphatic heterocycles. The maximum atomic E-state index is 11.4. The van der Waals surface area contributed by atoms with Gasteiger partial charge in [-0.1, -0.05) is 6.92 Å². The van der Waals surface area contributed by atoms with Gasteiger partial charge in [0.2, 0.25) is 5.91 Å². The Morgan fingerprint density at radius 3 is 2.79 bits per heavy atom. The van der Waals surface area contributed by atoms with E-state index in [-0.39, 0.29) is 24.3 Å². The van der Waals surface area contributed by atoms with E-state index in [9.17, 15) is 9.59 Å². The number of carboxylic acids is 1. The van der Waals surface area contributed by atoms with Crippen LogP contribution in [0.1, 0.15) is 32.6 Å². The van der Waals surface area contributed by atoms with E-state index in [2.05, 4.69) is 0 Å². The third-order valence-corrected chi connectivity index (χ3v) is 3.02. The maximum absolute atomic E-state index is 11.4. The molecule has 0 spiro atoms. The van der Waals surface area contributed by atoms with Gasteiger partial charge in [0, 0.05) is 19.5 Å². The second-order valence-electron chi connectivity index (χ2n) is 3.88. The lowest BCUT2D eigenvalue weighted by Crippen LogP contribution is -2.46. The normalized spacial score (nSPS) is 27.9. The molecule has 0 aromatic rings. The molecular weight excluding hydrogens is 182 g/mol. The van der Waals surface area contributed by atoms with Crippen LogP contribution in [0.2, 0.25) is 0 Å². The molecule has 0 saturated carbocycles. The molecule has 4 nitrogen and oxygen atoms in total. The van der Waals surface area contributed by atoms with Crippen LogP contribution >= 0.6 is 0 Å². The van der Waals surface area contributed by atoms with Gasteiger partial charge in [0.1, 0.15) is 0 Å². The van der Waals surface area contributed by atoms with Crippen LogP contribution in [0.25, 0.3) is 0 Å². The molecule has 0 aromatic carbocycles. The number of rotatable bonds is 3. The molecule has 0 aliphatic carbocycles. The van der Waals surface area contributed by atoms with E-state index in [0.29, 0.717) is 12.8 Å². The van der Waals surface area contributed by atoms with Gasteiger partial charge in [0.15, 0.2) is 0 Å². The molecule has 0 bridgehead atoms. The Morgan fingerprint density at radius 1 is 1.64 bits per heavy atom. The second-order valence-corrected chi connectivity index (χ2v) is 3.88. The quantitative estimate of drug-likeness (QED) is 0.740. The minimum absolute atomic E-state index is 0.104. The molecule has 14 heavy (non-hydrogen) atoms. The van der Waals surface area contributed by atoms with Crippen molar-refractivity contribution in [2.45, 2.75) is 38.6 Å². The number of aliphatic carboxylic acids is 1. The van der Waals surface area contributed by atoms with Crippen LogP contribution in [0, 0.1) is 5.92 Å². The minimum atomic E-state index is -0.767. The fourth-order valence-corrected chi connectivity index (χ4v) is 2.25. The van der Waals surface area contributed by atoms with Crippen LogP contribution in [0.15, 0.2) is 0 Å². The molecule has 1 N–H and O–H groups in total. The van der Waals surface area contributed by atoms with Gasteiger partial charge < -0.3 is 10.0 Å². The van der Waals surface area contributed by atoms with Crippen molar-refractivity contribution in [2.24, 2.45) is 5.92 Å². The summed E-state index contributed by atoms with van der Waals surface area (Å²) in [5, 5.41) is 8.73. The van der Waals surface area contributed by atoms with Crippen LogP contribution in [0.4, 0.5) is 0 Å². The average Bonchev–Trinajstić information content (AvgIpc) is 2.11. The number of amides is 1. The first-order valence-electron chi connectivity index (χ1n) is 5.03. The van der Waals surface area contributed by atoms with Crippen molar-refractivity contribution in [1.82, 2.24) is 4.90 Å². The Hall–Kier alpha value is -1.06. The number of likely N-dealkylation sites (tertiary alicyclic amines) is 1. The second kappa shape index (κ2) is 4.44. The van der Waals surface area contributed by atoms with Crippen molar-refractivity contribution in [3.63, 3.8) is 0 Å². The zero-order valence-electron chi connectivity index (χ0n) is 8.69. The highest BCUT2D eigenvalue weighted by molar-refractivity contribution is 5.77. The van der Waals surface area contributed by atoms with E-state index in [1.54, 1.807) is 11.9 Å². The number of carbonyl (C=O) groups is 2. The Kier molecular flexibility index (Phi) is 3.49. The van der Waals surface area contributed by atoms with Gasteiger partial charge in [-0.05, 0) is 18.8 Å². The predicted molar refractivity (Wildman–Crippen MR) is 51.8 cm³/mol. The van der Waals surface area contributed by atoms with E-state index >= 15 is 0 Å². The first-order valence-corrected chi connectivity index (χ1v) is 5.03. The Labute approximate surface area is 83.9 Å². The van der Waals surface area contributed by atoms with Crippen molar-refractivity contribution in [1.29, 1.82) is 0 Å². The molecule has 1 rings (SSSR count).